The van der Waals surface area contributed by atoms with Gasteiger partial charge in [0, 0.05) is 6.92 Å². The lowest BCUT2D eigenvalue weighted by molar-refractivity contribution is -0.119. The van der Waals surface area contributed by atoms with Gasteiger partial charge in [0.25, 0.3) is 0 Å². The maximum absolute atomic E-state index is 9.58. The highest BCUT2D eigenvalue weighted by Crippen LogP contribution is 1.79. The molecule has 0 aliphatic heterocycles. The summed E-state index contributed by atoms with van der Waals surface area (Å²) < 4.78 is 0. The van der Waals surface area contributed by atoms with Gasteiger partial charge >= 0.3 is 0 Å². The number of rotatable bonds is 0. The first-order valence-electron chi connectivity index (χ1n) is 3.24. The van der Waals surface area contributed by atoms with Crippen molar-refractivity contribution < 1.29 is 10.3 Å². The van der Waals surface area contributed by atoms with Crippen molar-refractivity contribution in [1.29, 1.82) is 0 Å². The summed E-state index contributed by atoms with van der Waals surface area (Å²) in [5, 5.41) is 0. The zero-order valence-electron chi connectivity index (χ0n) is 6.95. The average molecular weight is 170 g/mol. The number of nitrogens with one attached hydrogen (secondary N) is 1. The van der Waals surface area contributed by atoms with E-state index in [0.29, 0.717) is 0 Å². The van der Waals surface area contributed by atoms with Crippen molar-refractivity contribution >= 4 is 5.91 Å². The van der Waals surface area contributed by atoms with Crippen molar-refractivity contribution in [3.8, 4) is 0 Å². The van der Waals surface area contributed by atoms with Crippen LogP contribution in [0.5, 0.6) is 0 Å². The van der Waals surface area contributed by atoms with Crippen LogP contribution in [-0.2, 0) is 4.79 Å². The van der Waals surface area contributed by atoms with E-state index in [1.807, 2.05) is 41.8 Å². The molecule has 0 fully saturated rings. The summed E-state index contributed by atoms with van der Waals surface area (Å²) in [6, 6.07) is 12.0. The highest BCUT2D eigenvalue weighted by atomic mass is 16.2. The van der Waals surface area contributed by atoms with Crippen LogP contribution in [0.4, 0.5) is 0 Å². The smallest absolute Gasteiger partial charge is 0.230 e. The van der Waals surface area contributed by atoms with E-state index in [9.17, 15) is 4.79 Å². The molecule has 0 radical (unpaired) electrons. The molecule has 1 rings (SSSR count). The Morgan fingerprint density at radius 1 is 1.08 bits per heavy atom. The second kappa shape index (κ2) is 9.61. The minimum atomic E-state index is -0.218. The van der Waals surface area contributed by atoms with Crippen molar-refractivity contribution in [3.05, 3.63) is 36.4 Å². The molecule has 0 saturated carbocycles. The van der Waals surface area contributed by atoms with E-state index in [2.05, 4.69) is 5.84 Å². The maximum atomic E-state index is 9.58. The van der Waals surface area contributed by atoms with Gasteiger partial charge in [0.05, 0.1) is 0 Å². The van der Waals surface area contributed by atoms with Crippen LogP contribution in [0.1, 0.15) is 6.92 Å². The molecule has 0 aliphatic rings. The number of carbonyl (C=O) groups excluding carboxylic acids is 1. The van der Waals surface area contributed by atoms with Gasteiger partial charge in [-0.2, -0.15) is 0 Å². The normalized spacial score (nSPS) is 6.83. The first-order valence-corrected chi connectivity index (χ1v) is 3.24. The largest absolute Gasteiger partial charge is 0.412 e. The van der Waals surface area contributed by atoms with E-state index in [1.165, 1.54) is 6.92 Å². The Balaban J connectivity index is 0. The van der Waals surface area contributed by atoms with Crippen molar-refractivity contribution in [2.24, 2.45) is 5.84 Å². The van der Waals surface area contributed by atoms with Gasteiger partial charge in [0.1, 0.15) is 0 Å². The minimum Gasteiger partial charge on any atom is -0.412 e. The number of nitrogens with two attached hydrogens (primary N) is 1. The van der Waals surface area contributed by atoms with Crippen LogP contribution in [0.2, 0.25) is 0 Å². The van der Waals surface area contributed by atoms with Crippen molar-refractivity contribution in [2.45, 2.75) is 6.92 Å². The lowest BCUT2D eigenvalue weighted by Gasteiger charge is -1.80. The molecule has 0 heterocycles. The van der Waals surface area contributed by atoms with Crippen molar-refractivity contribution in [3.63, 3.8) is 0 Å². The maximum Gasteiger partial charge on any atom is 0.230 e. The van der Waals surface area contributed by atoms with Gasteiger partial charge in [-0.1, -0.05) is 36.4 Å². The fourth-order valence-electron chi connectivity index (χ4n) is 0.385. The summed E-state index contributed by atoms with van der Waals surface area (Å²) in [5.74, 6) is 4.35. The van der Waals surface area contributed by atoms with Gasteiger partial charge in [-0.05, 0) is 0 Å². The van der Waals surface area contributed by atoms with Crippen LogP contribution >= 0.6 is 0 Å². The molecule has 0 aliphatic carbocycles. The van der Waals surface area contributed by atoms with Gasteiger partial charge in [0.15, 0.2) is 0 Å². The molecule has 1 amide bonds. The van der Waals surface area contributed by atoms with E-state index >= 15 is 0 Å². The highest BCUT2D eigenvalue weighted by Gasteiger charge is 1.73. The number of benzene rings is 1. The topological polar surface area (TPSA) is 86.6 Å². The molecule has 68 valence electrons. The fraction of sp³-hybridized carbons (Fsp3) is 0.125. The number of hydrazine groups is 1. The monoisotopic (exact) mass is 170 g/mol. The first-order chi connectivity index (χ1) is 5.27. The zero-order valence-corrected chi connectivity index (χ0v) is 6.95. The molecule has 0 spiro atoms. The molecule has 4 nitrogen and oxygen atoms in total. The van der Waals surface area contributed by atoms with Crippen LogP contribution in [0.25, 0.3) is 0 Å². The Hall–Kier alpha value is -1.39. The Kier molecular flexibility index (Phi) is 10.6. The second-order valence-electron chi connectivity index (χ2n) is 1.86. The summed E-state index contributed by atoms with van der Waals surface area (Å²) in [7, 11) is 0. The van der Waals surface area contributed by atoms with Gasteiger partial charge < -0.3 is 5.48 Å². The van der Waals surface area contributed by atoms with Gasteiger partial charge in [-0.3, -0.25) is 10.2 Å². The molecule has 1 aromatic carbocycles. The van der Waals surface area contributed by atoms with Gasteiger partial charge in [0.2, 0.25) is 5.91 Å². The van der Waals surface area contributed by atoms with E-state index in [4.69, 9.17) is 0 Å². The molecule has 4 heteroatoms. The standard InChI is InChI=1S/C6H6.C2H6N2O.H2O/c1-2-4-6-5-3-1;1-2(5)4-3;/h1-6H;3H2,1H3,(H,4,5);1H2. The molecule has 0 bridgehead atoms. The lowest BCUT2D eigenvalue weighted by atomic mass is 10.4. The van der Waals surface area contributed by atoms with E-state index in [1.54, 1.807) is 0 Å². The third-order valence-electron chi connectivity index (χ3n) is 0.870. The first kappa shape index (κ1) is 13.2. The van der Waals surface area contributed by atoms with Crippen LogP contribution in [0.3, 0.4) is 0 Å². The zero-order chi connectivity index (χ0) is 8.53. The van der Waals surface area contributed by atoms with Gasteiger partial charge in [-0.15, -0.1) is 0 Å². The predicted octanol–water partition coefficient (Wildman–Crippen LogP) is -0.142. The Labute approximate surface area is 71.7 Å². The quantitative estimate of drug-likeness (QED) is 0.322. The van der Waals surface area contributed by atoms with Crippen LogP contribution in [-0.4, -0.2) is 11.4 Å². The third kappa shape index (κ3) is 11.4. The molecule has 0 aromatic heterocycles. The summed E-state index contributed by atoms with van der Waals surface area (Å²) in [5.41, 5.74) is 1.89. The number of hydrogen-bond acceptors (Lipinski definition) is 2. The Morgan fingerprint density at radius 2 is 1.25 bits per heavy atom. The average Bonchev–Trinajstić information content (AvgIpc) is 2.09. The summed E-state index contributed by atoms with van der Waals surface area (Å²) in [6.45, 7) is 1.35. The Bertz CT molecular complexity index is 163. The van der Waals surface area contributed by atoms with E-state index < -0.39 is 0 Å². The highest BCUT2D eigenvalue weighted by molar-refractivity contribution is 5.71. The Morgan fingerprint density at radius 3 is 1.33 bits per heavy atom. The molecule has 12 heavy (non-hydrogen) atoms. The molecule has 1 aromatic rings. The number of amides is 1. The minimum absolute atomic E-state index is 0. The lowest BCUT2D eigenvalue weighted by Crippen LogP contribution is -2.26. The van der Waals surface area contributed by atoms with Crippen LogP contribution < -0.4 is 11.3 Å². The number of carbonyl (C=O) groups is 1. The summed E-state index contributed by atoms with van der Waals surface area (Å²) in [6.07, 6.45) is 0. The van der Waals surface area contributed by atoms with Gasteiger partial charge in [-0.25, -0.2) is 5.84 Å². The summed E-state index contributed by atoms with van der Waals surface area (Å²) >= 11 is 0. The predicted molar refractivity (Wildman–Crippen MR) is 48.1 cm³/mol. The van der Waals surface area contributed by atoms with Crippen LogP contribution in [0.15, 0.2) is 36.4 Å². The number of hydrogen-bond donors (Lipinski definition) is 2. The van der Waals surface area contributed by atoms with Crippen LogP contribution in [0, 0.1) is 0 Å². The molecular weight excluding hydrogens is 156 g/mol. The van der Waals surface area contributed by atoms with E-state index in [0.717, 1.165) is 0 Å². The third-order valence-corrected chi connectivity index (χ3v) is 0.870. The molecule has 0 atom stereocenters. The summed E-state index contributed by atoms with van der Waals surface area (Å²) in [4.78, 5) is 9.58. The fourth-order valence-corrected chi connectivity index (χ4v) is 0.385. The molecule has 5 N–H and O–H groups in total. The molecule has 0 saturated heterocycles. The molecule has 0 unspecified atom stereocenters. The second-order valence-corrected chi connectivity index (χ2v) is 1.86. The van der Waals surface area contributed by atoms with Crippen molar-refractivity contribution in [1.82, 2.24) is 5.43 Å². The van der Waals surface area contributed by atoms with Crippen molar-refractivity contribution in [2.75, 3.05) is 0 Å². The van der Waals surface area contributed by atoms with E-state index in [-0.39, 0.29) is 11.4 Å². The molecular formula is C8H14N2O2. The SMILES string of the molecule is CC(=O)NN.O.c1ccccc1.